The van der Waals surface area contributed by atoms with Crippen LogP contribution in [0.4, 0.5) is 0 Å². The number of phenols is 1. The maximum atomic E-state index is 9.73. The molecule has 1 N–H and O–H groups in total. The van der Waals surface area contributed by atoms with Gasteiger partial charge in [0.15, 0.2) is 0 Å². The largest absolute Gasteiger partial charge is 0.508 e. The molecular formula is C18H18N2O. The molecule has 3 nitrogen and oxygen atoms in total. The average molecular weight is 278 g/mol. The molecule has 0 atom stereocenters. The summed E-state index contributed by atoms with van der Waals surface area (Å²) >= 11 is 0. The summed E-state index contributed by atoms with van der Waals surface area (Å²) < 4.78 is 2.36. The molecule has 0 spiro atoms. The second-order valence-corrected chi connectivity index (χ2v) is 6.03. The highest BCUT2D eigenvalue weighted by molar-refractivity contribution is 5.82. The van der Waals surface area contributed by atoms with Crippen LogP contribution in [-0.4, -0.2) is 14.7 Å². The van der Waals surface area contributed by atoms with Gasteiger partial charge in [0.25, 0.3) is 0 Å². The van der Waals surface area contributed by atoms with E-state index in [-0.39, 0.29) is 0 Å². The fraction of sp³-hybridized carbons (Fsp3) is 0.278. The third-order valence-corrected chi connectivity index (χ3v) is 4.21. The van der Waals surface area contributed by atoms with Gasteiger partial charge >= 0.3 is 0 Å². The van der Waals surface area contributed by atoms with Gasteiger partial charge in [-0.25, -0.2) is 4.98 Å². The molecule has 1 heterocycles. The van der Waals surface area contributed by atoms with Crippen LogP contribution in [0.15, 0.2) is 36.4 Å². The van der Waals surface area contributed by atoms with Crippen molar-refractivity contribution in [3.05, 3.63) is 47.5 Å². The first kappa shape index (κ1) is 12.5. The van der Waals surface area contributed by atoms with E-state index in [4.69, 9.17) is 4.98 Å². The number of nitrogens with zero attached hydrogens (tertiary/aromatic N) is 2. The summed E-state index contributed by atoms with van der Waals surface area (Å²) in [4.78, 5) is 4.86. The molecule has 0 aliphatic heterocycles. The van der Waals surface area contributed by atoms with Crippen molar-refractivity contribution in [1.29, 1.82) is 0 Å². The minimum Gasteiger partial charge on any atom is -0.508 e. The van der Waals surface area contributed by atoms with Gasteiger partial charge in [-0.1, -0.05) is 6.07 Å². The molecule has 1 aromatic heterocycles. The quantitative estimate of drug-likeness (QED) is 0.756. The Morgan fingerprint density at radius 2 is 1.90 bits per heavy atom. The lowest BCUT2D eigenvalue weighted by Gasteiger charge is -2.09. The highest BCUT2D eigenvalue weighted by Gasteiger charge is 2.28. The lowest BCUT2D eigenvalue weighted by molar-refractivity contribution is 0.471. The van der Waals surface area contributed by atoms with Crippen molar-refractivity contribution in [3.8, 4) is 17.1 Å². The molecule has 0 bridgehead atoms. The van der Waals surface area contributed by atoms with Crippen molar-refractivity contribution in [1.82, 2.24) is 9.55 Å². The van der Waals surface area contributed by atoms with Gasteiger partial charge in [0.2, 0.25) is 0 Å². The molecule has 1 fully saturated rings. The van der Waals surface area contributed by atoms with Gasteiger partial charge in [0, 0.05) is 11.6 Å². The van der Waals surface area contributed by atoms with Gasteiger partial charge in [-0.15, -0.1) is 0 Å². The Bertz CT molecular complexity index is 844. The minimum absolute atomic E-state index is 0.337. The molecule has 3 heteroatoms. The third-order valence-electron chi connectivity index (χ3n) is 4.21. The van der Waals surface area contributed by atoms with Crippen LogP contribution in [-0.2, 0) is 0 Å². The van der Waals surface area contributed by atoms with Crippen LogP contribution in [0.5, 0.6) is 5.75 Å². The molecule has 0 radical (unpaired) electrons. The first-order chi connectivity index (χ1) is 10.1. The molecule has 106 valence electrons. The molecule has 0 saturated heterocycles. The number of hydrogen-bond donors (Lipinski definition) is 1. The lowest BCUT2D eigenvalue weighted by Crippen LogP contribution is -1.97. The molecular weight excluding hydrogens is 260 g/mol. The Hall–Kier alpha value is -2.29. The van der Waals surface area contributed by atoms with Crippen LogP contribution < -0.4 is 0 Å². The predicted molar refractivity (Wildman–Crippen MR) is 84.6 cm³/mol. The topological polar surface area (TPSA) is 38.1 Å². The summed E-state index contributed by atoms with van der Waals surface area (Å²) in [5.74, 6) is 1.35. The summed E-state index contributed by atoms with van der Waals surface area (Å²) in [5.41, 5.74) is 5.46. The normalized spacial score (nSPS) is 14.8. The standard InChI is InChI=1S/C18H18N2O/c1-11-3-7-16-15(9-11)19-18(20(16)14-5-6-14)13-4-8-17(21)12(2)10-13/h3-4,7-10,14,21H,5-6H2,1-2H3. The first-order valence-corrected chi connectivity index (χ1v) is 7.42. The van der Waals surface area contributed by atoms with Gasteiger partial charge in [-0.3, -0.25) is 0 Å². The summed E-state index contributed by atoms with van der Waals surface area (Å²) in [6.45, 7) is 4.02. The molecule has 1 saturated carbocycles. The van der Waals surface area contributed by atoms with E-state index in [2.05, 4.69) is 29.7 Å². The molecule has 1 aliphatic rings. The fourth-order valence-corrected chi connectivity index (χ4v) is 2.91. The third kappa shape index (κ3) is 2.00. The van der Waals surface area contributed by atoms with Gasteiger partial charge in [-0.05, 0) is 68.1 Å². The Kier molecular flexibility index (Phi) is 2.58. The van der Waals surface area contributed by atoms with Crippen molar-refractivity contribution in [2.75, 3.05) is 0 Å². The van der Waals surface area contributed by atoms with Crippen molar-refractivity contribution < 1.29 is 5.11 Å². The van der Waals surface area contributed by atoms with Crippen LogP contribution in [0, 0.1) is 13.8 Å². The summed E-state index contributed by atoms with van der Waals surface area (Å²) in [6, 6.07) is 12.8. The smallest absolute Gasteiger partial charge is 0.141 e. The summed E-state index contributed by atoms with van der Waals surface area (Å²) in [7, 11) is 0. The van der Waals surface area contributed by atoms with E-state index in [9.17, 15) is 5.11 Å². The zero-order valence-corrected chi connectivity index (χ0v) is 12.3. The van der Waals surface area contributed by atoms with E-state index in [1.54, 1.807) is 6.07 Å². The predicted octanol–water partition coefficient (Wildman–Crippen LogP) is 4.36. The SMILES string of the molecule is Cc1ccc2c(c1)nc(-c1ccc(O)c(C)c1)n2C1CC1. The molecule has 4 rings (SSSR count). The second-order valence-electron chi connectivity index (χ2n) is 6.03. The Morgan fingerprint density at radius 3 is 2.62 bits per heavy atom. The Morgan fingerprint density at radius 1 is 1.10 bits per heavy atom. The maximum Gasteiger partial charge on any atom is 0.141 e. The Labute approximate surface area is 123 Å². The second kappa shape index (κ2) is 4.35. The monoisotopic (exact) mass is 278 g/mol. The number of imidazole rings is 1. The number of aromatic nitrogens is 2. The molecule has 1 aliphatic carbocycles. The highest BCUT2D eigenvalue weighted by atomic mass is 16.3. The lowest BCUT2D eigenvalue weighted by atomic mass is 10.1. The van der Waals surface area contributed by atoms with E-state index in [0.717, 1.165) is 22.5 Å². The molecule has 21 heavy (non-hydrogen) atoms. The van der Waals surface area contributed by atoms with Crippen molar-refractivity contribution in [2.24, 2.45) is 0 Å². The highest BCUT2D eigenvalue weighted by Crippen LogP contribution is 2.41. The summed E-state index contributed by atoms with van der Waals surface area (Å²) in [6.07, 6.45) is 2.45. The molecule has 3 aromatic rings. The van der Waals surface area contributed by atoms with Crippen LogP contribution in [0.2, 0.25) is 0 Å². The van der Waals surface area contributed by atoms with Crippen LogP contribution in [0.1, 0.15) is 30.0 Å². The van der Waals surface area contributed by atoms with Gasteiger partial charge < -0.3 is 9.67 Å². The van der Waals surface area contributed by atoms with Crippen LogP contribution in [0.25, 0.3) is 22.4 Å². The summed E-state index contributed by atoms with van der Waals surface area (Å²) in [5, 5.41) is 9.73. The van der Waals surface area contributed by atoms with E-state index in [1.165, 1.54) is 23.9 Å². The van der Waals surface area contributed by atoms with Gasteiger partial charge in [0.05, 0.1) is 11.0 Å². The average Bonchev–Trinajstić information content (AvgIpc) is 3.22. The molecule has 0 unspecified atom stereocenters. The van der Waals surface area contributed by atoms with Gasteiger partial charge in [0.1, 0.15) is 11.6 Å². The number of aryl methyl sites for hydroxylation is 2. The number of phenolic OH excluding ortho intramolecular Hbond substituents is 1. The van der Waals surface area contributed by atoms with Crippen LogP contribution in [0.3, 0.4) is 0 Å². The fourth-order valence-electron chi connectivity index (χ4n) is 2.91. The number of aromatic hydroxyl groups is 1. The number of hydrogen-bond acceptors (Lipinski definition) is 2. The van der Waals surface area contributed by atoms with E-state index in [1.807, 2.05) is 19.1 Å². The minimum atomic E-state index is 0.337. The number of benzene rings is 2. The zero-order chi connectivity index (χ0) is 14.6. The van der Waals surface area contributed by atoms with Crippen LogP contribution >= 0.6 is 0 Å². The Balaban J connectivity index is 1.98. The maximum absolute atomic E-state index is 9.73. The first-order valence-electron chi connectivity index (χ1n) is 7.42. The van der Waals surface area contributed by atoms with Gasteiger partial charge in [-0.2, -0.15) is 0 Å². The van der Waals surface area contributed by atoms with Crippen molar-refractivity contribution in [3.63, 3.8) is 0 Å². The molecule has 0 amide bonds. The zero-order valence-electron chi connectivity index (χ0n) is 12.3. The number of rotatable bonds is 2. The van der Waals surface area contributed by atoms with E-state index < -0.39 is 0 Å². The number of fused-ring (bicyclic) bond motifs is 1. The van der Waals surface area contributed by atoms with E-state index >= 15 is 0 Å². The van der Waals surface area contributed by atoms with Crippen molar-refractivity contribution >= 4 is 11.0 Å². The van der Waals surface area contributed by atoms with Crippen molar-refractivity contribution in [2.45, 2.75) is 32.7 Å². The van der Waals surface area contributed by atoms with E-state index in [0.29, 0.717) is 11.8 Å². The molecule has 2 aromatic carbocycles.